The van der Waals surface area contributed by atoms with E-state index in [1.54, 1.807) is 12.3 Å². The fourth-order valence-electron chi connectivity index (χ4n) is 1.36. The lowest BCUT2D eigenvalue weighted by atomic mass is 10.1. The Hall–Kier alpha value is -1.13. The molecule has 4 heteroatoms. The Kier molecular flexibility index (Phi) is 2.39. The molecule has 1 aromatic heterocycles. The molecule has 0 fully saturated rings. The van der Waals surface area contributed by atoms with Crippen molar-refractivity contribution in [2.75, 3.05) is 6.54 Å². The summed E-state index contributed by atoms with van der Waals surface area (Å²) in [5, 5.41) is 0.893. The van der Waals surface area contributed by atoms with E-state index < -0.39 is 0 Å². The number of carbonyl (C=O) groups excluding carboxylic acids is 1. The van der Waals surface area contributed by atoms with Gasteiger partial charge in [-0.15, -0.1) is 0 Å². The van der Waals surface area contributed by atoms with Gasteiger partial charge in [0.2, 0.25) is 0 Å². The normalized spacial score (nSPS) is 10.7. The number of benzene rings is 1. The number of rotatable bonds is 2. The molecule has 0 aliphatic carbocycles. The first-order valence-electron chi connectivity index (χ1n) is 4.13. The Bertz CT molecular complexity index is 490. The molecule has 2 rings (SSSR count). The van der Waals surface area contributed by atoms with Crippen LogP contribution in [0.15, 0.2) is 33.4 Å². The SMILES string of the molecule is NCC(=O)c1cccc2c(Br)coc12. The number of ketones is 1. The highest BCUT2D eigenvalue weighted by Crippen LogP contribution is 2.28. The maximum Gasteiger partial charge on any atom is 0.180 e. The van der Waals surface area contributed by atoms with E-state index >= 15 is 0 Å². The molecule has 0 aliphatic heterocycles. The van der Waals surface area contributed by atoms with Gasteiger partial charge in [0, 0.05) is 5.39 Å². The van der Waals surface area contributed by atoms with E-state index in [0.717, 1.165) is 9.86 Å². The van der Waals surface area contributed by atoms with Gasteiger partial charge in [0.25, 0.3) is 0 Å². The van der Waals surface area contributed by atoms with Crippen LogP contribution in [0.5, 0.6) is 0 Å². The van der Waals surface area contributed by atoms with Gasteiger partial charge in [-0.2, -0.15) is 0 Å². The minimum Gasteiger partial charge on any atom is -0.462 e. The zero-order valence-electron chi connectivity index (χ0n) is 7.29. The maximum atomic E-state index is 11.4. The summed E-state index contributed by atoms with van der Waals surface area (Å²) >= 11 is 3.34. The Morgan fingerprint density at radius 3 is 3.00 bits per heavy atom. The van der Waals surface area contributed by atoms with Gasteiger partial charge in [-0.3, -0.25) is 4.79 Å². The number of Topliss-reactive ketones (excluding diaryl/α,β-unsaturated/α-hetero) is 1. The first-order valence-corrected chi connectivity index (χ1v) is 4.92. The summed E-state index contributed by atoms with van der Waals surface area (Å²) in [6, 6.07) is 5.41. The number of para-hydroxylation sites is 1. The number of hydrogen-bond donors (Lipinski definition) is 1. The molecule has 0 saturated heterocycles. The highest BCUT2D eigenvalue weighted by molar-refractivity contribution is 9.10. The molecular formula is C10H8BrNO2. The van der Waals surface area contributed by atoms with Gasteiger partial charge < -0.3 is 10.2 Å². The van der Waals surface area contributed by atoms with Crippen molar-refractivity contribution in [2.45, 2.75) is 0 Å². The predicted molar refractivity (Wildman–Crippen MR) is 57.3 cm³/mol. The van der Waals surface area contributed by atoms with Gasteiger partial charge >= 0.3 is 0 Å². The van der Waals surface area contributed by atoms with Crippen LogP contribution in [0.25, 0.3) is 11.0 Å². The lowest BCUT2D eigenvalue weighted by molar-refractivity contribution is 0.100. The minimum atomic E-state index is -0.113. The average molecular weight is 254 g/mol. The summed E-state index contributed by atoms with van der Waals surface area (Å²) in [6.45, 7) is -0.00255. The summed E-state index contributed by atoms with van der Waals surface area (Å²) in [4.78, 5) is 11.4. The molecule has 0 saturated carbocycles. The lowest BCUT2D eigenvalue weighted by Gasteiger charge is -1.98. The van der Waals surface area contributed by atoms with Gasteiger partial charge in [-0.1, -0.05) is 6.07 Å². The Balaban J connectivity index is 2.71. The van der Waals surface area contributed by atoms with Crippen LogP contribution in [0.1, 0.15) is 10.4 Å². The molecule has 0 spiro atoms. The van der Waals surface area contributed by atoms with E-state index in [4.69, 9.17) is 10.2 Å². The average Bonchev–Trinajstić information content (AvgIpc) is 2.59. The molecule has 1 heterocycles. The third kappa shape index (κ3) is 1.36. The van der Waals surface area contributed by atoms with Gasteiger partial charge in [-0.25, -0.2) is 0 Å². The molecule has 72 valence electrons. The molecule has 3 nitrogen and oxygen atoms in total. The number of hydrogen-bond acceptors (Lipinski definition) is 3. The van der Waals surface area contributed by atoms with Crippen molar-refractivity contribution >= 4 is 32.7 Å². The minimum absolute atomic E-state index is 0.00255. The van der Waals surface area contributed by atoms with Crippen LogP contribution in [-0.2, 0) is 0 Å². The zero-order chi connectivity index (χ0) is 10.1. The van der Waals surface area contributed by atoms with Crippen molar-refractivity contribution < 1.29 is 9.21 Å². The number of fused-ring (bicyclic) bond motifs is 1. The fraction of sp³-hybridized carbons (Fsp3) is 0.100. The van der Waals surface area contributed by atoms with E-state index in [2.05, 4.69) is 15.9 Å². The van der Waals surface area contributed by atoms with E-state index in [1.807, 2.05) is 12.1 Å². The van der Waals surface area contributed by atoms with Crippen molar-refractivity contribution in [1.82, 2.24) is 0 Å². The molecule has 14 heavy (non-hydrogen) atoms. The highest BCUT2D eigenvalue weighted by Gasteiger charge is 2.12. The van der Waals surface area contributed by atoms with Gasteiger partial charge in [0.15, 0.2) is 5.78 Å². The molecule has 0 bridgehead atoms. The quantitative estimate of drug-likeness (QED) is 0.837. The Labute approximate surface area is 89.0 Å². The van der Waals surface area contributed by atoms with Crippen molar-refractivity contribution in [2.24, 2.45) is 5.73 Å². The summed E-state index contributed by atoms with van der Waals surface area (Å²) in [6.07, 6.45) is 1.57. The van der Waals surface area contributed by atoms with Gasteiger partial charge in [0.1, 0.15) is 11.8 Å². The largest absolute Gasteiger partial charge is 0.462 e. The Morgan fingerprint density at radius 2 is 2.29 bits per heavy atom. The zero-order valence-corrected chi connectivity index (χ0v) is 8.87. The van der Waals surface area contributed by atoms with Crippen LogP contribution in [0.4, 0.5) is 0 Å². The summed E-state index contributed by atoms with van der Waals surface area (Å²) < 4.78 is 6.13. The first-order chi connectivity index (χ1) is 6.74. The molecule has 1 aromatic carbocycles. The summed E-state index contributed by atoms with van der Waals surface area (Å²) in [5.41, 5.74) is 6.43. The van der Waals surface area contributed by atoms with Crippen LogP contribution >= 0.6 is 15.9 Å². The van der Waals surface area contributed by atoms with E-state index in [-0.39, 0.29) is 12.3 Å². The molecule has 0 amide bonds. The number of halogens is 1. The molecule has 0 aliphatic rings. The summed E-state index contributed by atoms with van der Waals surface area (Å²) in [5.74, 6) is -0.113. The predicted octanol–water partition coefficient (Wildman–Crippen LogP) is 2.34. The molecule has 0 unspecified atom stereocenters. The van der Waals surface area contributed by atoms with E-state index in [1.165, 1.54) is 0 Å². The maximum absolute atomic E-state index is 11.4. The molecular weight excluding hydrogens is 246 g/mol. The van der Waals surface area contributed by atoms with Crippen molar-refractivity contribution in [3.63, 3.8) is 0 Å². The van der Waals surface area contributed by atoms with Crippen molar-refractivity contribution in [3.05, 3.63) is 34.5 Å². The van der Waals surface area contributed by atoms with E-state index in [9.17, 15) is 4.79 Å². The van der Waals surface area contributed by atoms with Gasteiger partial charge in [0.05, 0.1) is 16.6 Å². The molecule has 0 radical (unpaired) electrons. The third-order valence-corrected chi connectivity index (χ3v) is 2.65. The van der Waals surface area contributed by atoms with Crippen LogP contribution < -0.4 is 5.73 Å². The van der Waals surface area contributed by atoms with Crippen LogP contribution in [0, 0.1) is 0 Å². The second-order valence-corrected chi connectivity index (χ2v) is 3.75. The standard InChI is InChI=1S/C10H8BrNO2/c11-8-5-14-10-6(8)2-1-3-7(10)9(13)4-12/h1-3,5H,4,12H2. The monoisotopic (exact) mass is 253 g/mol. The summed E-state index contributed by atoms with van der Waals surface area (Å²) in [7, 11) is 0. The number of carbonyl (C=O) groups is 1. The first kappa shape index (κ1) is 9.43. The van der Waals surface area contributed by atoms with Gasteiger partial charge in [-0.05, 0) is 28.1 Å². The number of nitrogens with two attached hydrogens (primary N) is 1. The third-order valence-electron chi connectivity index (χ3n) is 2.04. The fourth-order valence-corrected chi connectivity index (χ4v) is 1.76. The second kappa shape index (κ2) is 3.55. The number of furan rings is 1. The molecule has 0 atom stereocenters. The van der Waals surface area contributed by atoms with Crippen molar-refractivity contribution in [1.29, 1.82) is 0 Å². The Morgan fingerprint density at radius 1 is 1.50 bits per heavy atom. The van der Waals surface area contributed by atoms with Crippen LogP contribution in [0.2, 0.25) is 0 Å². The van der Waals surface area contributed by atoms with Crippen molar-refractivity contribution in [3.8, 4) is 0 Å². The molecule has 2 N–H and O–H groups in total. The van der Waals surface area contributed by atoms with E-state index in [0.29, 0.717) is 11.1 Å². The molecule has 2 aromatic rings. The topological polar surface area (TPSA) is 56.2 Å². The lowest BCUT2D eigenvalue weighted by Crippen LogP contribution is -2.13. The second-order valence-electron chi connectivity index (χ2n) is 2.89. The van der Waals surface area contributed by atoms with Crippen LogP contribution in [-0.4, -0.2) is 12.3 Å². The highest BCUT2D eigenvalue weighted by atomic mass is 79.9. The smallest absolute Gasteiger partial charge is 0.180 e. The van der Waals surface area contributed by atoms with Crippen LogP contribution in [0.3, 0.4) is 0 Å².